The van der Waals surface area contributed by atoms with Gasteiger partial charge in [-0.2, -0.15) is 0 Å². The van der Waals surface area contributed by atoms with Crippen molar-refractivity contribution in [2.75, 3.05) is 26.2 Å². The standard InChI is InChI=1S/C23H24FN3O2/c1-2-16-3-8-21-18(13-16)14-19(22(28)25-21)15-26-9-11-27(12-10-26)23(29)17-4-6-20(24)7-5-17/h3-8,13-14H,2,9-12,15H2,1H3,(H,25,28). The number of nitrogens with zero attached hydrogens (tertiary/aromatic N) is 2. The van der Waals surface area contributed by atoms with Gasteiger partial charge in [-0.05, 0) is 59.8 Å². The Balaban J connectivity index is 1.43. The number of pyridine rings is 1. The van der Waals surface area contributed by atoms with Crippen molar-refractivity contribution >= 4 is 16.8 Å². The van der Waals surface area contributed by atoms with Crippen LogP contribution in [0.25, 0.3) is 10.9 Å². The molecule has 0 aliphatic carbocycles. The van der Waals surface area contributed by atoms with E-state index in [0.717, 1.165) is 22.9 Å². The van der Waals surface area contributed by atoms with E-state index < -0.39 is 0 Å². The van der Waals surface area contributed by atoms with E-state index in [0.29, 0.717) is 38.3 Å². The van der Waals surface area contributed by atoms with Gasteiger partial charge in [0.25, 0.3) is 11.5 Å². The zero-order valence-corrected chi connectivity index (χ0v) is 16.5. The summed E-state index contributed by atoms with van der Waals surface area (Å²) in [4.78, 5) is 32.0. The molecule has 150 valence electrons. The Kier molecular flexibility index (Phi) is 5.45. The average Bonchev–Trinajstić information content (AvgIpc) is 2.74. The van der Waals surface area contributed by atoms with Crippen molar-refractivity contribution in [1.29, 1.82) is 0 Å². The lowest BCUT2D eigenvalue weighted by molar-refractivity contribution is 0.0628. The molecule has 6 heteroatoms. The van der Waals surface area contributed by atoms with Crippen LogP contribution in [0.5, 0.6) is 0 Å². The molecule has 1 aliphatic rings. The van der Waals surface area contributed by atoms with Crippen molar-refractivity contribution in [2.24, 2.45) is 0 Å². The summed E-state index contributed by atoms with van der Waals surface area (Å²) in [6.45, 7) is 5.23. The molecule has 0 radical (unpaired) electrons. The van der Waals surface area contributed by atoms with E-state index in [-0.39, 0.29) is 17.3 Å². The van der Waals surface area contributed by atoms with E-state index in [9.17, 15) is 14.0 Å². The molecule has 0 unspecified atom stereocenters. The second-order valence-corrected chi connectivity index (χ2v) is 7.47. The summed E-state index contributed by atoms with van der Waals surface area (Å²) in [7, 11) is 0. The van der Waals surface area contributed by atoms with Crippen LogP contribution in [0.1, 0.15) is 28.4 Å². The number of piperazine rings is 1. The normalized spacial score (nSPS) is 15.0. The maximum atomic E-state index is 13.1. The highest BCUT2D eigenvalue weighted by Crippen LogP contribution is 2.16. The average molecular weight is 393 g/mol. The molecule has 1 N–H and O–H groups in total. The number of H-pyrrole nitrogens is 1. The fraction of sp³-hybridized carbons (Fsp3) is 0.304. The third kappa shape index (κ3) is 4.22. The number of halogens is 1. The minimum absolute atomic E-state index is 0.0634. The Morgan fingerprint density at radius 2 is 1.76 bits per heavy atom. The first-order valence-electron chi connectivity index (χ1n) is 9.95. The van der Waals surface area contributed by atoms with E-state index in [2.05, 4.69) is 22.9 Å². The van der Waals surface area contributed by atoms with Crippen molar-refractivity contribution in [3.63, 3.8) is 0 Å². The van der Waals surface area contributed by atoms with Gasteiger partial charge in [0.05, 0.1) is 0 Å². The number of nitrogens with one attached hydrogen (secondary N) is 1. The SMILES string of the molecule is CCc1ccc2[nH]c(=O)c(CN3CCN(C(=O)c4ccc(F)cc4)CC3)cc2c1. The predicted molar refractivity (Wildman–Crippen MR) is 112 cm³/mol. The van der Waals surface area contributed by atoms with Crippen LogP contribution in [0.4, 0.5) is 4.39 Å². The second-order valence-electron chi connectivity index (χ2n) is 7.47. The third-order valence-electron chi connectivity index (χ3n) is 5.54. The van der Waals surface area contributed by atoms with E-state index >= 15 is 0 Å². The second kappa shape index (κ2) is 8.17. The lowest BCUT2D eigenvalue weighted by Gasteiger charge is -2.34. The third-order valence-corrected chi connectivity index (χ3v) is 5.54. The molecule has 1 fully saturated rings. The molecular formula is C23H24FN3O2. The quantitative estimate of drug-likeness (QED) is 0.741. The summed E-state index contributed by atoms with van der Waals surface area (Å²) in [5.74, 6) is -0.432. The van der Waals surface area contributed by atoms with Gasteiger partial charge < -0.3 is 9.88 Å². The number of aromatic nitrogens is 1. The van der Waals surface area contributed by atoms with Crippen molar-refractivity contribution < 1.29 is 9.18 Å². The van der Waals surface area contributed by atoms with Gasteiger partial charge in [-0.15, -0.1) is 0 Å². The van der Waals surface area contributed by atoms with Crippen LogP contribution < -0.4 is 5.56 Å². The van der Waals surface area contributed by atoms with Gasteiger partial charge in [0.15, 0.2) is 0 Å². The molecule has 4 rings (SSSR count). The summed E-state index contributed by atoms with van der Waals surface area (Å²) in [5.41, 5.74) is 3.27. The molecule has 0 spiro atoms. The number of fused-ring (bicyclic) bond motifs is 1. The fourth-order valence-electron chi connectivity index (χ4n) is 3.76. The number of aromatic amines is 1. The Morgan fingerprint density at radius 3 is 2.45 bits per heavy atom. The number of hydrogen-bond acceptors (Lipinski definition) is 3. The summed E-state index contributed by atoms with van der Waals surface area (Å²) < 4.78 is 13.1. The van der Waals surface area contributed by atoms with Crippen LogP contribution in [-0.4, -0.2) is 46.9 Å². The van der Waals surface area contributed by atoms with Crippen LogP contribution in [-0.2, 0) is 13.0 Å². The fourth-order valence-corrected chi connectivity index (χ4v) is 3.76. The lowest BCUT2D eigenvalue weighted by atomic mass is 10.1. The molecule has 1 amide bonds. The molecule has 3 aromatic rings. The molecule has 2 aromatic carbocycles. The maximum Gasteiger partial charge on any atom is 0.253 e. The van der Waals surface area contributed by atoms with E-state index in [1.54, 1.807) is 4.90 Å². The molecule has 0 bridgehead atoms. The van der Waals surface area contributed by atoms with E-state index in [1.165, 1.54) is 29.8 Å². The molecule has 5 nitrogen and oxygen atoms in total. The highest BCUT2D eigenvalue weighted by Gasteiger charge is 2.22. The first-order valence-corrected chi connectivity index (χ1v) is 9.95. The minimum Gasteiger partial charge on any atom is -0.336 e. The number of carbonyl (C=O) groups excluding carboxylic acids is 1. The topological polar surface area (TPSA) is 56.4 Å². The van der Waals surface area contributed by atoms with Crippen molar-refractivity contribution in [2.45, 2.75) is 19.9 Å². The van der Waals surface area contributed by atoms with Crippen LogP contribution >= 0.6 is 0 Å². The number of benzene rings is 2. The van der Waals surface area contributed by atoms with E-state index in [4.69, 9.17) is 0 Å². The molecule has 29 heavy (non-hydrogen) atoms. The minimum atomic E-state index is -0.349. The number of rotatable bonds is 4. The largest absolute Gasteiger partial charge is 0.336 e. The summed E-state index contributed by atoms with van der Waals surface area (Å²) in [5, 5.41) is 1.05. The Hall–Kier alpha value is -2.99. The number of amides is 1. The van der Waals surface area contributed by atoms with Crippen LogP contribution in [0, 0.1) is 5.82 Å². The van der Waals surface area contributed by atoms with Crippen molar-refractivity contribution in [1.82, 2.24) is 14.8 Å². The van der Waals surface area contributed by atoms with Crippen molar-refractivity contribution in [3.05, 3.63) is 81.4 Å². The van der Waals surface area contributed by atoms with Crippen molar-refractivity contribution in [3.8, 4) is 0 Å². The van der Waals surface area contributed by atoms with Gasteiger partial charge in [-0.25, -0.2) is 4.39 Å². The maximum absolute atomic E-state index is 13.1. The molecular weight excluding hydrogens is 369 g/mol. The lowest BCUT2D eigenvalue weighted by Crippen LogP contribution is -2.48. The molecule has 2 heterocycles. The first-order chi connectivity index (χ1) is 14.0. The summed E-state index contributed by atoms with van der Waals surface area (Å²) >= 11 is 0. The highest BCUT2D eigenvalue weighted by atomic mass is 19.1. The highest BCUT2D eigenvalue weighted by molar-refractivity contribution is 5.94. The van der Waals surface area contributed by atoms with Gasteiger partial charge in [0, 0.05) is 49.4 Å². The monoisotopic (exact) mass is 393 g/mol. The van der Waals surface area contributed by atoms with Gasteiger partial charge in [-0.3, -0.25) is 14.5 Å². The van der Waals surface area contributed by atoms with Crippen LogP contribution in [0.2, 0.25) is 0 Å². The van der Waals surface area contributed by atoms with Gasteiger partial charge >= 0.3 is 0 Å². The number of carbonyl (C=O) groups is 1. The zero-order chi connectivity index (χ0) is 20.4. The smallest absolute Gasteiger partial charge is 0.253 e. The summed E-state index contributed by atoms with van der Waals surface area (Å²) in [6.07, 6.45) is 0.953. The molecule has 1 saturated heterocycles. The van der Waals surface area contributed by atoms with Gasteiger partial charge in [0.2, 0.25) is 0 Å². The zero-order valence-electron chi connectivity index (χ0n) is 16.5. The number of aryl methyl sites for hydroxylation is 1. The van der Waals surface area contributed by atoms with Crippen LogP contribution in [0.3, 0.4) is 0 Å². The molecule has 0 saturated carbocycles. The van der Waals surface area contributed by atoms with Gasteiger partial charge in [0.1, 0.15) is 5.82 Å². The van der Waals surface area contributed by atoms with Gasteiger partial charge in [-0.1, -0.05) is 13.0 Å². The molecule has 0 atom stereocenters. The molecule has 1 aromatic heterocycles. The number of hydrogen-bond donors (Lipinski definition) is 1. The Morgan fingerprint density at radius 1 is 1.03 bits per heavy atom. The Bertz CT molecular complexity index is 1080. The van der Waals surface area contributed by atoms with Crippen LogP contribution in [0.15, 0.2) is 53.3 Å². The first kappa shape index (κ1) is 19.3. The summed E-state index contributed by atoms with van der Waals surface area (Å²) in [6, 6.07) is 13.7. The molecule has 1 aliphatic heterocycles. The Labute approximate surface area is 168 Å². The predicted octanol–water partition coefficient (Wildman–Crippen LogP) is 3.19. The van der Waals surface area contributed by atoms with E-state index in [1.807, 2.05) is 18.2 Å².